The fraction of sp³-hybridized carbons (Fsp3) is 0.667. The van der Waals surface area contributed by atoms with Gasteiger partial charge < -0.3 is 9.80 Å². The normalized spacial score (nSPS) is 23.2. The van der Waals surface area contributed by atoms with Crippen molar-refractivity contribution in [3.05, 3.63) is 17.5 Å². The highest BCUT2D eigenvalue weighted by molar-refractivity contribution is 7.22. The first-order valence-electron chi connectivity index (χ1n) is 10.7. The average Bonchev–Trinajstić information content (AvgIpc) is 3.44. The Bertz CT molecular complexity index is 744. The highest BCUT2D eigenvalue weighted by Gasteiger charge is 2.31. The quantitative estimate of drug-likeness (QED) is 0.669. The number of amides is 1. The van der Waals surface area contributed by atoms with Crippen LogP contribution in [0.2, 0.25) is 0 Å². The molecular formula is C21H30N4OS2. The lowest BCUT2D eigenvalue weighted by Crippen LogP contribution is -2.50. The van der Waals surface area contributed by atoms with Gasteiger partial charge in [-0.05, 0) is 43.0 Å². The van der Waals surface area contributed by atoms with Crippen LogP contribution in [-0.4, -0.2) is 47.2 Å². The Morgan fingerprint density at radius 2 is 1.93 bits per heavy atom. The zero-order chi connectivity index (χ0) is 19.3. The van der Waals surface area contributed by atoms with Crippen molar-refractivity contribution in [1.29, 1.82) is 0 Å². The highest BCUT2D eigenvalue weighted by Crippen LogP contribution is 2.34. The first-order chi connectivity index (χ1) is 13.7. The van der Waals surface area contributed by atoms with Gasteiger partial charge in [0.25, 0.3) is 0 Å². The van der Waals surface area contributed by atoms with Crippen LogP contribution in [0.1, 0.15) is 51.9 Å². The number of thiophene rings is 1. The molecule has 0 aromatic carbocycles. The van der Waals surface area contributed by atoms with Gasteiger partial charge in [-0.15, -0.1) is 21.5 Å². The Morgan fingerprint density at radius 1 is 1.14 bits per heavy atom. The molecule has 0 spiro atoms. The fourth-order valence-corrected chi connectivity index (χ4v) is 6.10. The number of aromatic nitrogens is 2. The minimum Gasteiger partial charge on any atom is -0.343 e. The van der Waals surface area contributed by atoms with Gasteiger partial charge in [0.15, 0.2) is 5.01 Å². The molecule has 3 heterocycles. The van der Waals surface area contributed by atoms with Gasteiger partial charge in [0.05, 0.1) is 4.88 Å². The molecule has 28 heavy (non-hydrogen) atoms. The van der Waals surface area contributed by atoms with Gasteiger partial charge in [0.1, 0.15) is 0 Å². The summed E-state index contributed by atoms with van der Waals surface area (Å²) in [5.41, 5.74) is 0. The molecule has 2 aromatic rings. The molecule has 5 nitrogen and oxygen atoms in total. The van der Waals surface area contributed by atoms with Crippen molar-refractivity contribution in [1.82, 2.24) is 15.1 Å². The smallest absolute Gasteiger partial charge is 0.225 e. The zero-order valence-corrected chi connectivity index (χ0v) is 18.3. The fourth-order valence-electron chi connectivity index (χ4n) is 4.41. The number of carbonyl (C=O) groups is 1. The van der Waals surface area contributed by atoms with E-state index in [4.69, 9.17) is 0 Å². The molecule has 1 aliphatic heterocycles. The number of nitrogens with zero attached hydrogens (tertiary/aromatic N) is 4. The predicted molar refractivity (Wildman–Crippen MR) is 117 cm³/mol. The van der Waals surface area contributed by atoms with Gasteiger partial charge >= 0.3 is 0 Å². The minimum atomic E-state index is 0.261. The summed E-state index contributed by atoms with van der Waals surface area (Å²) in [6.07, 6.45) is 8.64. The van der Waals surface area contributed by atoms with E-state index in [0.717, 1.165) is 55.1 Å². The van der Waals surface area contributed by atoms with Crippen LogP contribution in [0.25, 0.3) is 9.88 Å². The zero-order valence-electron chi connectivity index (χ0n) is 16.7. The molecule has 152 valence electrons. The number of rotatable bonds is 6. The van der Waals surface area contributed by atoms with Crippen molar-refractivity contribution in [3.8, 4) is 9.88 Å². The molecule has 2 aromatic heterocycles. The van der Waals surface area contributed by atoms with Crippen LogP contribution < -0.4 is 4.90 Å². The monoisotopic (exact) mass is 418 g/mol. The van der Waals surface area contributed by atoms with Crippen LogP contribution in [0, 0.1) is 11.8 Å². The summed E-state index contributed by atoms with van der Waals surface area (Å²) in [6, 6.07) is 4.13. The first kappa shape index (κ1) is 19.8. The lowest BCUT2D eigenvalue weighted by molar-refractivity contribution is -0.137. The molecule has 0 atom stereocenters. The number of unbranched alkanes of at least 4 members (excludes halogenated alkanes) is 1. The Kier molecular flexibility index (Phi) is 6.62. The summed E-state index contributed by atoms with van der Waals surface area (Å²) in [6.45, 7) is 5.60. The molecule has 7 heteroatoms. The molecule has 0 bridgehead atoms. The third kappa shape index (κ3) is 4.57. The van der Waals surface area contributed by atoms with E-state index in [1.54, 1.807) is 22.7 Å². The molecule has 0 unspecified atom stereocenters. The summed E-state index contributed by atoms with van der Waals surface area (Å²) >= 11 is 3.35. The van der Waals surface area contributed by atoms with Crippen molar-refractivity contribution in [2.75, 3.05) is 31.1 Å². The maximum absolute atomic E-state index is 13.0. The Hall–Kier alpha value is -1.47. The highest BCUT2D eigenvalue weighted by atomic mass is 32.1. The molecule has 1 saturated heterocycles. The maximum atomic E-state index is 13.0. The number of piperazine rings is 1. The number of hydrogen-bond acceptors (Lipinski definition) is 6. The topological polar surface area (TPSA) is 49.3 Å². The van der Waals surface area contributed by atoms with Crippen LogP contribution in [0.15, 0.2) is 17.5 Å². The largest absolute Gasteiger partial charge is 0.343 e. The maximum Gasteiger partial charge on any atom is 0.225 e. The molecule has 2 aliphatic rings. The van der Waals surface area contributed by atoms with E-state index in [0.29, 0.717) is 5.91 Å². The Morgan fingerprint density at radius 3 is 2.61 bits per heavy atom. The van der Waals surface area contributed by atoms with Crippen molar-refractivity contribution in [3.63, 3.8) is 0 Å². The molecule has 0 N–H and O–H groups in total. The van der Waals surface area contributed by atoms with Crippen LogP contribution in [0.5, 0.6) is 0 Å². The minimum absolute atomic E-state index is 0.261. The van der Waals surface area contributed by atoms with E-state index >= 15 is 0 Å². The standard InChI is InChI=1S/C21H30N4OS2/c1-2-3-5-16-7-9-17(10-8-16)20(26)24-11-13-25(14-12-24)21-23-22-19(28-21)18-6-4-15-27-18/h4,6,15-17H,2-3,5,7-14H2,1H3. The second-order valence-corrected chi connectivity index (χ2v) is 9.94. The van der Waals surface area contributed by atoms with E-state index in [1.165, 1.54) is 37.0 Å². The van der Waals surface area contributed by atoms with E-state index in [1.807, 2.05) is 6.07 Å². The Balaban J connectivity index is 1.26. The molecule has 4 rings (SSSR count). The van der Waals surface area contributed by atoms with Gasteiger partial charge in [0, 0.05) is 32.1 Å². The van der Waals surface area contributed by atoms with Crippen molar-refractivity contribution < 1.29 is 4.79 Å². The molecule has 1 saturated carbocycles. The van der Waals surface area contributed by atoms with E-state index in [-0.39, 0.29) is 5.92 Å². The summed E-state index contributed by atoms with van der Waals surface area (Å²) < 4.78 is 0. The Labute approximate surface area is 175 Å². The van der Waals surface area contributed by atoms with Crippen LogP contribution in [-0.2, 0) is 4.79 Å². The number of hydrogen-bond donors (Lipinski definition) is 0. The van der Waals surface area contributed by atoms with Crippen molar-refractivity contribution in [2.24, 2.45) is 11.8 Å². The number of carbonyl (C=O) groups excluding carboxylic acids is 1. The lowest BCUT2D eigenvalue weighted by Gasteiger charge is -2.37. The summed E-state index contributed by atoms with van der Waals surface area (Å²) in [5.74, 6) is 1.51. The van der Waals surface area contributed by atoms with Crippen LogP contribution in [0.3, 0.4) is 0 Å². The van der Waals surface area contributed by atoms with Gasteiger partial charge in [-0.3, -0.25) is 4.79 Å². The molecule has 0 radical (unpaired) electrons. The van der Waals surface area contributed by atoms with Crippen LogP contribution in [0.4, 0.5) is 5.13 Å². The second kappa shape index (κ2) is 9.35. The average molecular weight is 419 g/mol. The SMILES string of the molecule is CCCCC1CCC(C(=O)N2CCN(c3nnc(-c4cccs4)s3)CC2)CC1. The lowest BCUT2D eigenvalue weighted by atomic mass is 9.79. The van der Waals surface area contributed by atoms with Gasteiger partial charge in [-0.25, -0.2) is 0 Å². The second-order valence-electron chi connectivity index (χ2n) is 8.04. The molecule has 1 aliphatic carbocycles. The van der Waals surface area contributed by atoms with E-state index in [9.17, 15) is 4.79 Å². The summed E-state index contributed by atoms with van der Waals surface area (Å²) in [5, 5.41) is 12.8. The molecule has 1 amide bonds. The third-order valence-corrected chi connectivity index (χ3v) is 8.19. The predicted octanol–water partition coefficient (Wildman–Crippen LogP) is 4.91. The molecule has 2 fully saturated rings. The number of anilines is 1. The van der Waals surface area contributed by atoms with Gasteiger partial charge in [-0.1, -0.05) is 43.6 Å². The third-order valence-electron chi connectivity index (χ3n) is 6.17. The van der Waals surface area contributed by atoms with Gasteiger partial charge in [0.2, 0.25) is 11.0 Å². The van der Waals surface area contributed by atoms with Crippen molar-refractivity contribution in [2.45, 2.75) is 51.9 Å². The van der Waals surface area contributed by atoms with E-state index < -0.39 is 0 Å². The first-order valence-corrected chi connectivity index (χ1v) is 12.4. The summed E-state index contributed by atoms with van der Waals surface area (Å²) in [4.78, 5) is 18.5. The molecular weight excluding hydrogens is 388 g/mol. The van der Waals surface area contributed by atoms with Crippen LogP contribution >= 0.6 is 22.7 Å². The van der Waals surface area contributed by atoms with Gasteiger partial charge in [-0.2, -0.15) is 0 Å². The van der Waals surface area contributed by atoms with Crippen molar-refractivity contribution >= 4 is 33.7 Å². The van der Waals surface area contributed by atoms with E-state index in [2.05, 4.69) is 38.4 Å². The summed E-state index contributed by atoms with van der Waals surface area (Å²) in [7, 11) is 0.